The zero-order valence-electron chi connectivity index (χ0n) is 10.5. The quantitative estimate of drug-likeness (QED) is 0.573. The molecule has 0 bridgehead atoms. The van der Waals surface area contributed by atoms with E-state index in [0.29, 0.717) is 13.0 Å². The largest absolute Gasteiger partial charge is 0.465 e. The van der Waals surface area contributed by atoms with Gasteiger partial charge >= 0.3 is 5.97 Å². The molecule has 19 heavy (non-hydrogen) atoms. The van der Waals surface area contributed by atoms with Crippen molar-refractivity contribution in [1.29, 1.82) is 0 Å². The lowest BCUT2D eigenvalue weighted by Gasteiger charge is -2.09. The van der Waals surface area contributed by atoms with Crippen LogP contribution in [0.2, 0.25) is 0 Å². The minimum Gasteiger partial charge on any atom is -0.465 e. The molecule has 0 N–H and O–H groups in total. The number of fused-ring (bicyclic) bond motifs is 1. The molecule has 2 rings (SSSR count). The maximum atomic E-state index is 11.6. The molecule has 0 amide bonds. The molecule has 0 radical (unpaired) electrons. The van der Waals surface area contributed by atoms with Gasteiger partial charge in [0.25, 0.3) is 0 Å². The SMILES string of the molecule is CCOC(=O)C(Br)Cc1ccc2cc(Br)ccc2c1. The molecule has 0 spiro atoms. The fraction of sp³-hybridized carbons (Fsp3) is 0.267. The summed E-state index contributed by atoms with van der Waals surface area (Å²) < 4.78 is 6.05. The van der Waals surface area contributed by atoms with Gasteiger partial charge < -0.3 is 4.74 Å². The Hall–Kier alpha value is -0.870. The van der Waals surface area contributed by atoms with Gasteiger partial charge in [0.1, 0.15) is 4.83 Å². The number of alkyl halides is 1. The van der Waals surface area contributed by atoms with Crippen molar-refractivity contribution in [2.45, 2.75) is 18.2 Å². The summed E-state index contributed by atoms with van der Waals surface area (Å²) in [7, 11) is 0. The predicted octanol–water partition coefficient (Wildman–Crippen LogP) is 4.47. The van der Waals surface area contributed by atoms with Crippen LogP contribution < -0.4 is 0 Å². The van der Waals surface area contributed by atoms with E-state index in [0.717, 1.165) is 10.0 Å². The van der Waals surface area contributed by atoms with Gasteiger partial charge in [-0.25, -0.2) is 0 Å². The smallest absolute Gasteiger partial charge is 0.320 e. The molecule has 2 aromatic carbocycles. The van der Waals surface area contributed by atoms with Crippen molar-refractivity contribution in [3.8, 4) is 0 Å². The lowest BCUT2D eigenvalue weighted by molar-refractivity contribution is -0.142. The summed E-state index contributed by atoms with van der Waals surface area (Å²) in [4.78, 5) is 11.3. The van der Waals surface area contributed by atoms with Gasteiger partial charge in [-0.05, 0) is 41.8 Å². The number of benzene rings is 2. The minimum absolute atomic E-state index is 0.210. The molecule has 0 saturated carbocycles. The summed E-state index contributed by atoms with van der Waals surface area (Å²) >= 11 is 6.83. The van der Waals surface area contributed by atoms with Gasteiger partial charge in [0, 0.05) is 4.47 Å². The number of ether oxygens (including phenoxy) is 1. The zero-order chi connectivity index (χ0) is 13.8. The summed E-state index contributed by atoms with van der Waals surface area (Å²) in [6.45, 7) is 2.22. The van der Waals surface area contributed by atoms with Gasteiger partial charge in [0.15, 0.2) is 0 Å². The van der Waals surface area contributed by atoms with Gasteiger partial charge in [-0.1, -0.05) is 56.1 Å². The van der Waals surface area contributed by atoms with Crippen LogP contribution in [0.1, 0.15) is 12.5 Å². The second-order valence-electron chi connectivity index (χ2n) is 4.25. The number of halogens is 2. The summed E-state index contributed by atoms with van der Waals surface area (Å²) in [6, 6.07) is 12.4. The standard InChI is InChI=1S/C15H14Br2O2/c1-2-19-15(18)14(17)8-10-3-4-12-9-13(16)6-5-11(12)7-10/h3-7,9,14H,2,8H2,1H3. The summed E-state index contributed by atoms with van der Waals surface area (Å²) in [5.41, 5.74) is 1.12. The van der Waals surface area contributed by atoms with Crippen LogP contribution in [0.25, 0.3) is 10.8 Å². The lowest BCUT2D eigenvalue weighted by atomic mass is 10.0. The van der Waals surface area contributed by atoms with Gasteiger partial charge in [-0.3, -0.25) is 4.79 Å². The molecule has 100 valence electrons. The Morgan fingerprint density at radius 2 is 1.89 bits per heavy atom. The highest BCUT2D eigenvalue weighted by Gasteiger charge is 2.16. The molecule has 0 fully saturated rings. The Kier molecular flexibility index (Phi) is 4.99. The monoisotopic (exact) mass is 384 g/mol. The first-order valence-corrected chi connectivity index (χ1v) is 7.80. The van der Waals surface area contributed by atoms with Gasteiger partial charge in [0.2, 0.25) is 0 Å². The van der Waals surface area contributed by atoms with E-state index in [9.17, 15) is 4.79 Å². The van der Waals surface area contributed by atoms with Crippen LogP contribution in [0.4, 0.5) is 0 Å². The average Bonchev–Trinajstić information content (AvgIpc) is 2.39. The second kappa shape index (κ2) is 6.53. The third kappa shape index (κ3) is 3.80. The van der Waals surface area contributed by atoms with Crippen LogP contribution in [0.3, 0.4) is 0 Å². The zero-order valence-corrected chi connectivity index (χ0v) is 13.7. The van der Waals surface area contributed by atoms with E-state index in [2.05, 4.69) is 56.1 Å². The molecule has 0 aliphatic carbocycles. The number of carbonyl (C=O) groups is 1. The highest BCUT2D eigenvalue weighted by Crippen LogP contribution is 2.22. The first kappa shape index (κ1) is 14.5. The van der Waals surface area contributed by atoms with E-state index in [1.54, 1.807) is 0 Å². The number of hydrogen-bond donors (Lipinski definition) is 0. The van der Waals surface area contributed by atoms with Crippen molar-refractivity contribution in [3.05, 3.63) is 46.4 Å². The molecule has 2 aromatic rings. The fourth-order valence-corrected chi connectivity index (χ4v) is 2.80. The van der Waals surface area contributed by atoms with Crippen LogP contribution in [0.15, 0.2) is 40.9 Å². The fourth-order valence-electron chi connectivity index (χ4n) is 1.92. The number of esters is 1. The van der Waals surface area contributed by atoms with Crippen LogP contribution >= 0.6 is 31.9 Å². The number of hydrogen-bond acceptors (Lipinski definition) is 2. The van der Waals surface area contributed by atoms with Crippen LogP contribution in [-0.4, -0.2) is 17.4 Å². The Bertz CT molecular complexity index is 596. The third-order valence-corrected chi connectivity index (χ3v) is 4.01. The summed E-state index contributed by atoms with van der Waals surface area (Å²) in [5, 5.41) is 2.35. The van der Waals surface area contributed by atoms with E-state index < -0.39 is 0 Å². The molecule has 1 atom stereocenters. The van der Waals surface area contributed by atoms with Crippen molar-refractivity contribution >= 4 is 48.6 Å². The average molecular weight is 386 g/mol. The molecular weight excluding hydrogens is 372 g/mol. The van der Waals surface area contributed by atoms with Gasteiger partial charge in [0.05, 0.1) is 6.61 Å². The summed E-state index contributed by atoms with van der Waals surface area (Å²) in [6.07, 6.45) is 0.630. The van der Waals surface area contributed by atoms with Crippen LogP contribution in [0.5, 0.6) is 0 Å². The third-order valence-electron chi connectivity index (χ3n) is 2.82. The molecule has 0 heterocycles. The molecular formula is C15H14Br2O2. The minimum atomic E-state index is -0.291. The van der Waals surface area contributed by atoms with Crippen molar-refractivity contribution in [1.82, 2.24) is 0 Å². The van der Waals surface area contributed by atoms with Gasteiger partial charge in [-0.2, -0.15) is 0 Å². The molecule has 0 aromatic heterocycles. The number of rotatable bonds is 4. The highest BCUT2D eigenvalue weighted by molar-refractivity contribution is 9.10. The molecule has 1 unspecified atom stereocenters. The first-order chi connectivity index (χ1) is 9.10. The van der Waals surface area contributed by atoms with E-state index in [4.69, 9.17) is 4.74 Å². The Morgan fingerprint density at radius 3 is 2.63 bits per heavy atom. The molecule has 2 nitrogen and oxygen atoms in total. The maximum Gasteiger partial charge on any atom is 0.320 e. The predicted molar refractivity (Wildman–Crippen MR) is 84.7 cm³/mol. The Balaban J connectivity index is 2.17. The van der Waals surface area contributed by atoms with Gasteiger partial charge in [-0.15, -0.1) is 0 Å². The Morgan fingerprint density at radius 1 is 1.21 bits per heavy atom. The van der Waals surface area contributed by atoms with Crippen molar-refractivity contribution in [3.63, 3.8) is 0 Å². The van der Waals surface area contributed by atoms with E-state index >= 15 is 0 Å². The van der Waals surface area contributed by atoms with E-state index in [-0.39, 0.29) is 10.8 Å². The lowest BCUT2D eigenvalue weighted by Crippen LogP contribution is -2.19. The molecule has 0 aliphatic heterocycles. The molecule has 0 saturated heterocycles. The highest BCUT2D eigenvalue weighted by atomic mass is 79.9. The molecule has 4 heteroatoms. The number of carbonyl (C=O) groups excluding carboxylic acids is 1. The topological polar surface area (TPSA) is 26.3 Å². The van der Waals surface area contributed by atoms with E-state index in [1.165, 1.54) is 10.8 Å². The second-order valence-corrected chi connectivity index (χ2v) is 6.27. The summed E-state index contributed by atoms with van der Waals surface area (Å²) in [5.74, 6) is -0.210. The Labute approximate surface area is 129 Å². The van der Waals surface area contributed by atoms with Crippen molar-refractivity contribution < 1.29 is 9.53 Å². The van der Waals surface area contributed by atoms with E-state index in [1.807, 2.05) is 19.1 Å². The molecule has 0 aliphatic rings. The van der Waals surface area contributed by atoms with Crippen molar-refractivity contribution in [2.75, 3.05) is 6.61 Å². The van der Waals surface area contributed by atoms with Crippen LogP contribution in [0, 0.1) is 0 Å². The first-order valence-electron chi connectivity index (χ1n) is 6.09. The van der Waals surface area contributed by atoms with Crippen LogP contribution in [-0.2, 0) is 16.0 Å². The van der Waals surface area contributed by atoms with Crippen molar-refractivity contribution in [2.24, 2.45) is 0 Å². The maximum absolute atomic E-state index is 11.6. The normalized spacial score (nSPS) is 12.4.